The summed E-state index contributed by atoms with van der Waals surface area (Å²) in [7, 11) is 0. The second-order valence-electron chi connectivity index (χ2n) is 7.86. The molecule has 0 radical (unpaired) electrons. The Morgan fingerprint density at radius 3 is 2.38 bits per heavy atom. The number of carbonyl (C=O) groups excluding carboxylic acids is 2. The third-order valence-corrected chi connectivity index (χ3v) is 5.23. The van der Waals surface area contributed by atoms with E-state index >= 15 is 0 Å². The van der Waals surface area contributed by atoms with Gasteiger partial charge in [-0.25, -0.2) is 4.39 Å². The largest absolute Gasteiger partial charge is 0.353 e. The number of hydrogen-bond donors (Lipinski definition) is 1. The monoisotopic (exact) mass is 400 g/mol. The van der Waals surface area contributed by atoms with Crippen LogP contribution in [0.4, 0.5) is 4.39 Å². The van der Waals surface area contributed by atoms with E-state index in [0.29, 0.717) is 44.0 Å². The SMILES string of the molecule is Cc1cc(C(=O)N2CCN(CC(=O)NC(C)C)CC2)c(C)n1-c1ccccc1F. The Labute approximate surface area is 171 Å². The molecule has 7 heteroatoms. The lowest BCUT2D eigenvalue weighted by atomic mass is 10.2. The van der Waals surface area contributed by atoms with E-state index in [1.54, 1.807) is 22.8 Å². The first-order valence-electron chi connectivity index (χ1n) is 10.0. The zero-order valence-corrected chi connectivity index (χ0v) is 17.5. The maximum absolute atomic E-state index is 14.3. The molecule has 0 bridgehead atoms. The topological polar surface area (TPSA) is 57.6 Å². The second kappa shape index (κ2) is 8.78. The number of para-hydroxylation sites is 1. The minimum atomic E-state index is -0.318. The van der Waals surface area contributed by atoms with Crippen molar-refractivity contribution in [2.75, 3.05) is 32.7 Å². The molecule has 2 aromatic rings. The van der Waals surface area contributed by atoms with Crippen molar-refractivity contribution in [1.82, 2.24) is 19.7 Å². The summed E-state index contributed by atoms with van der Waals surface area (Å²) in [6.45, 7) is 10.4. The highest BCUT2D eigenvalue weighted by Gasteiger charge is 2.26. The van der Waals surface area contributed by atoms with Crippen LogP contribution in [0.2, 0.25) is 0 Å². The lowest BCUT2D eigenvalue weighted by Crippen LogP contribution is -2.51. The van der Waals surface area contributed by atoms with E-state index in [1.165, 1.54) is 6.07 Å². The number of halogens is 1. The van der Waals surface area contributed by atoms with Crippen LogP contribution in [0.1, 0.15) is 35.6 Å². The van der Waals surface area contributed by atoms with Crippen LogP contribution in [-0.2, 0) is 4.79 Å². The number of nitrogens with zero attached hydrogens (tertiary/aromatic N) is 3. The smallest absolute Gasteiger partial charge is 0.255 e. The predicted molar refractivity (Wildman–Crippen MR) is 111 cm³/mol. The molecule has 6 nitrogen and oxygen atoms in total. The fourth-order valence-corrected chi connectivity index (χ4v) is 3.83. The van der Waals surface area contributed by atoms with Crippen molar-refractivity contribution < 1.29 is 14.0 Å². The number of carbonyl (C=O) groups is 2. The van der Waals surface area contributed by atoms with Crippen molar-refractivity contribution >= 4 is 11.8 Å². The van der Waals surface area contributed by atoms with Gasteiger partial charge in [-0.3, -0.25) is 14.5 Å². The van der Waals surface area contributed by atoms with Crippen molar-refractivity contribution in [3.63, 3.8) is 0 Å². The average molecular weight is 400 g/mol. The number of piperazine rings is 1. The van der Waals surface area contributed by atoms with Crippen molar-refractivity contribution in [3.05, 3.63) is 53.1 Å². The van der Waals surface area contributed by atoms with E-state index in [1.807, 2.05) is 38.7 Å². The first kappa shape index (κ1) is 21.0. The summed E-state index contributed by atoms with van der Waals surface area (Å²) in [5.74, 6) is -0.359. The highest BCUT2D eigenvalue weighted by Crippen LogP contribution is 2.24. The zero-order valence-electron chi connectivity index (χ0n) is 17.5. The Balaban J connectivity index is 1.69. The number of aromatic nitrogens is 1. The van der Waals surface area contributed by atoms with Crippen LogP contribution in [0.5, 0.6) is 0 Å². The molecule has 0 atom stereocenters. The van der Waals surface area contributed by atoms with Crippen molar-refractivity contribution in [2.45, 2.75) is 33.7 Å². The van der Waals surface area contributed by atoms with Gasteiger partial charge in [-0.15, -0.1) is 0 Å². The van der Waals surface area contributed by atoms with Crippen molar-refractivity contribution in [2.24, 2.45) is 0 Å². The molecular weight excluding hydrogens is 371 g/mol. The molecular formula is C22H29FN4O2. The first-order valence-corrected chi connectivity index (χ1v) is 10.0. The van der Waals surface area contributed by atoms with Crippen LogP contribution in [0, 0.1) is 19.7 Å². The minimum Gasteiger partial charge on any atom is -0.353 e. The average Bonchev–Trinajstić information content (AvgIpc) is 2.96. The molecule has 0 aliphatic carbocycles. The molecule has 1 aromatic heterocycles. The second-order valence-corrected chi connectivity index (χ2v) is 7.86. The molecule has 0 spiro atoms. The Hall–Kier alpha value is -2.67. The number of rotatable bonds is 5. The predicted octanol–water partition coefficient (Wildman–Crippen LogP) is 2.52. The van der Waals surface area contributed by atoms with E-state index in [4.69, 9.17) is 0 Å². The number of aryl methyl sites for hydroxylation is 1. The number of benzene rings is 1. The Bertz CT molecular complexity index is 898. The maximum atomic E-state index is 14.3. The van der Waals surface area contributed by atoms with E-state index < -0.39 is 0 Å². The normalized spacial score (nSPS) is 15.0. The fourth-order valence-electron chi connectivity index (χ4n) is 3.83. The van der Waals surface area contributed by atoms with Crippen LogP contribution in [0.3, 0.4) is 0 Å². The molecule has 1 aromatic carbocycles. The Morgan fingerprint density at radius 1 is 1.10 bits per heavy atom. The summed E-state index contributed by atoms with van der Waals surface area (Å²) in [6.07, 6.45) is 0. The molecule has 1 aliphatic rings. The fraction of sp³-hybridized carbons (Fsp3) is 0.455. The Morgan fingerprint density at radius 2 is 1.76 bits per heavy atom. The standard InChI is InChI=1S/C22H29FN4O2/c1-15(2)24-21(28)14-25-9-11-26(12-10-25)22(29)18-13-16(3)27(17(18)4)20-8-6-5-7-19(20)23/h5-8,13,15H,9-12,14H2,1-4H3,(H,24,28). The van der Waals surface area contributed by atoms with E-state index in [9.17, 15) is 14.0 Å². The van der Waals surface area contributed by atoms with Crippen molar-refractivity contribution in [3.8, 4) is 5.69 Å². The van der Waals surface area contributed by atoms with Crippen LogP contribution >= 0.6 is 0 Å². The highest BCUT2D eigenvalue weighted by atomic mass is 19.1. The van der Waals surface area contributed by atoms with Gasteiger partial charge in [0.05, 0.1) is 17.8 Å². The molecule has 2 heterocycles. The van der Waals surface area contributed by atoms with Gasteiger partial charge < -0.3 is 14.8 Å². The van der Waals surface area contributed by atoms with E-state index in [0.717, 1.165) is 11.4 Å². The van der Waals surface area contributed by atoms with Crippen LogP contribution in [0.25, 0.3) is 5.69 Å². The van der Waals surface area contributed by atoms with Crippen molar-refractivity contribution in [1.29, 1.82) is 0 Å². The minimum absolute atomic E-state index is 0.00760. The first-order chi connectivity index (χ1) is 13.8. The van der Waals surface area contributed by atoms with E-state index in [2.05, 4.69) is 10.2 Å². The number of amides is 2. The maximum Gasteiger partial charge on any atom is 0.255 e. The lowest BCUT2D eigenvalue weighted by Gasteiger charge is -2.34. The summed E-state index contributed by atoms with van der Waals surface area (Å²) in [5, 5.41) is 2.89. The third kappa shape index (κ3) is 4.67. The molecule has 1 aliphatic heterocycles. The molecule has 156 valence electrons. The van der Waals surface area contributed by atoms with Gasteiger partial charge in [-0.05, 0) is 45.9 Å². The van der Waals surface area contributed by atoms with Gasteiger partial charge in [-0.1, -0.05) is 12.1 Å². The summed E-state index contributed by atoms with van der Waals surface area (Å²) >= 11 is 0. The quantitative estimate of drug-likeness (QED) is 0.839. The van der Waals surface area contributed by atoms with Gasteiger partial charge in [0.15, 0.2) is 0 Å². The summed E-state index contributed by atoms with van der Waals surface area (Å²) in [6, 6.07) is 8.52. The lowest BCUT2D eigenvalue weighted by molar-refractivity contribution is -0.123. The van der Waals surface area contributed by atoms with Gasteiger partial charge in [0, 0.05) is 43.6 Å². The number of hydrogen-bond acceptors (Lipinski definition) is 3. The van der Waals surface area contributed by atoms with Gasteiger partial charge in [-0.2, -0.15) is 0 Å². The van der Waals surface area contributed by atoms with E-state index in [-0.39, 0.29) is 23.7 Å². The van der Waals surface area contributed by atoms with Crippen LogP contribution in [0.15, 0.2) is 30.3 Å². The molecule has 0 saturated carbocycles. The van der Waals surface area contributed by atoms with Gasteiger partial charge >= 0.3 is 0 Å². The molecule has 1 saturated heterocycles. The number of nitrogens with one attached hydrogen (secondary N) is 1. The molecule has 0 unspecified atom stereocenters. The summed E-state index contributed by atoms with van der Waals surface area (Å²) < 4.78 is 16.1. The van der Waals surface area contributed by atoms with Gasteiger partial charge in [0.2, 0.25) is 5.91 Å². The molecule has 1 fully saturated rings. The molecule has 29 heavy (non-hydrogen) atoms. The third-order valence-electron chi connectivity index (χ3n) is 5.23. The molecule has 1 N–H and O–H groups in total. The van der Waals surface area contributed by atoms with Crippen LogP contribution in [-0.4, -0.2) is 64.9 Å². The van der Waals surface area contributed by atoms with Crippen LogP contribution < -0.4 is 5.32 Å². The summed E-state index contributed by atoms with van der Waals surface area (Å²) in [5.41, 5.74) is 2.59. The Kier molecular flexibility index (Phi) is 6.37. The molecule has 2 amide bonds. The zero-order chi connectivity index (χ0) is 21.1. The highest BCUT2D eigenvalue weighted by molar-refractivity contribution is 5.96. The summed E-state index contributed by atoms with van der Waals surface area (Å²) in [4.78, 5) is 28.9. The van der Waals surface area contributed by atoms with Gasteiger partial charge in [0.1, 0.15) is 5.82 Å². The molecule has 3 rings (SSSR count). The van der Waals surface area contributed by atoms with Gasteiger partial charge in [0.25, 0.3) is 5.91 Å².